The van der Waals surface area contributed by atoms with Gasteiger partial charge in [0.1, 0.15) is 0 Å². The van der Waals surface area contributed by atoms with Crippen LogP contribution in [-0.2, 0) is 13.1 Å². The lowest BCUT2D eigenvalue weighted by atomic mass is 10.1. The molecule has 0 unspecified atom stereocenters. The van der Waals surface area contributed by atoms with Gasteiger partial charge in [0, 0.05) is 18.3 Å². The summed E-state index contributed by atoms with van der Waals surface area (Å²) in [6.45, 7) is 1.39. The summed E-state index contributed by atoms with van der Waals surface area (Å²) >= 11 is 0. The highest BCUT2D eigenvalue weighted by molar-refractivity contribution is 5.92. The summed E-state index contributed by atoms with van der Waals surface area (Å²) in [6, 6.07) is 13.7. The number of nitrogens with two attached hydrogens (primary N) is 1. The van der Waals surface area contributed by atoms with E-state index in [9.17, 15) is 0 Å². The predicted molar refractivity (Wildman–Crippen MR) is 102 cm³/mol. The van der Waals surface area contributed by atoms with Crippen LogP contribution in [0.5, 0.6) is 11.5 Å². The van der Waals surface area contributed by atoms with Gasteiger partial charge in [-0.1, -0.05) is 24.3 Å². The third-order valence-electron chi connectivity index (χ3n) is 3.68. The molecule has 3 N–H and O–H groups in total. The number of aliphatic imine (C=N–C) groups is 1. The number of hydrogen-bond donors (Lipinski definition) is 2. The number of nitrogens with zero attached hydrogens (tertiary/aromatic N) is 2. The Morgan fingerprint density at radius 3 is 2.36 bits per heavy atom. The van der Waals surface area contributed by atoms with Crippen molar-refractivity contribution in [2.45, 2.75) is 13.1 Å². The number of methoxy groups -OCH3 is 2. The molecule has 2 aromatic carbocycles. The smallest absolute Gasteiger partial charge is 0.193 e. The minimum Gasteiger partial charge on any atom is -0.493 e. The zero-order chi connectivity index (χ0) is 18.2. The van der Waals surface area contributed by atoms with Crippen molar-refractivity contribution in [3.63, 3.8) is 0 Å². The van der Waals surface area contributed by atoms with Crippen molar-refractivity contribution in [3.05, 3.63) is 53.6 Å². The third kappa shape index (κ3) is 5.39. The van der Waals surface area contributed by atoms with Crippen LogP contribution in [0, 0.1) is 0 Å². The molecule has 0 aliphatic carbocycles. The molecule has 2 rings (SSSR count). The van der Waals surface area contributed by atoms with Crippen LogP contribution < -0.4 is 20.5 Å². The van der Waals surface area contributed by atoms with Gasteiger partial charge in [0.2, 0.25) is 0 Å². The predicted octanol–water partition coefficient (Wildman–Crippen LogP) is 2.69. The van der Waals surface area contributed by atoms with Crippen LogP contribution in [-0.4, -0.2) is 39.2 Å². The maximum Gasteiger partial charge on any atom is 0.193 e. The van der Waals surface area contributed by atoms with Crippen LogP contribution in [0.4, 0.5) is 5.69 Å². The van der Waals surface area contributed by atoms with E-state index in [-0.39, 0.29) is 0 Å². The third-order valence-corrected chi connectivity index (χ3v) is 3.68. The van der Waals surface area contributed by atoms with Crippen LogP contribution in [0.1, 0.15) is 11.1 Å². The molecule has 0 atom stereocenters. The van der Waals surface area contributed by atoms with Crippen molar-refractivity contribution >= 4 is 11.6 Å². The van der Waals surface area contributed by atoms with E-state index in [1.54, 1.807) is 14.2 Å². The monoisotopic (exact) mass is 342 g/mol. The summed E-state index contributed by atoms with van der Waals surface area (Å²) in [7, 11) is 7.30. The Bertz CT molecular complexity index is 729. The van der Waals surface area contributed by atoms with E-state index in [0.29, 0.717) is 24.0 Å². The number of guanidine groups is 1. The topological polar surface area (TPSA) is 72.1 Å². The Morgan fingerprint density at radius 2 is 1.72 bits per heavy atom. The summed E-state index contributed by atoms with van der Waals surface area (Å²) in [5.74, 6) is 1.66. The number of rotatable bonds is 7. The van der Waals surface area contributed by atoms with Gasteiger partial charge in [-0.15, -0.1) is 0 Å². The highest BCUT2D eigenvalue weighted by Crippen LogP contribution is 2.29. The van der Waals surface area contributed by atoms with Gasteiger partial charge in [-0.05, 0) is 37.4 Å². The molecule has 134 valence electrons. The van der Waals surface area contributed by atoms with Gasteiger partial charge >= 0.3 is 0 Å². The highest BCUT2D eigenvalue weighted by Gasteiger charge is 2.06. The molecule has 6 heteroatoms. The van der Waals surface area contributed by atoms with Crippen LogP contribution >= 0.6 is 0 Å². The number of ether oxygens (including phenoxy) is 2. The van der Waals surface area contributed by atoms with Gasteiger partial charge in [-0.2, -0.15) is 0 Å². The van der Waals surface area contributed by atoms with Crippen molar-refractivity contribution in [1.29, 1.82) is 0 Å². The molecule has 0 spiro atoms. The van der Waals surface area contributed by atoms with Crippen molar-refractivity contribution in [3.8, 4) is 11.5 Å². The zero-order valence-corrected chi connectivity index (χ0v) is 15.2. The van der Waals surface area contributed by atoms with Gasteiger partial charge in [-0.25, -0.2) is 4.99 Å². The minimum absolute atomic E-state index is 0.354. The van der Waals surface area contributed by atoms with Crippen molar-refractivity contribution < 1.29 is 9.47 Å². The van der Waals surface area contributed by atoms with E-state index in [1.807, 2.05) is 44.4 Å². The second-order valence-corrected chi connectivity index (χ2v) is 5.90. The molecule has 0 fully saturated rings. The van der Waals surface area contributed by atoms with Gasteiger partial charge in [-0.3, -0.25) is 0 Å². The first-order valence-electron chi connectivity index (χ1n) is 8.04. The molecule has 0 radical (unpaired) electrons. The molecular weight excluding hydrogens is 316 g/mol. The van der Waals surface area contributed by atoms with E-state index in [1.165, 1.54) is 5.56 Å². The maximum absolute atomic E-state index is 6.02. The van der Waals surface area contributed by atoms with E-state index < -0.39 is 0 Å². The van der Waals surface area contributed by atoms with Gasteiger partial charge in [0.05, 0.1) is 20.8 Å². The summed E-state index contributed by atoms with van der Waals surface area (Å²) < 4.78 is 10.5. The Labute approximate surface area is 149 Å². The fraction of sp³-hybridized carbons (Fsp3) is 0.316. The average Bonchev–Trinajstić information content (AvgIpc) is 2.60. The van der Waals surface area contributed by atoms with Crippen LogP contribution in [0.15, 0.2) is 47.5 Å². The van der Waals surface area contributed by atoms with Crippen molar-refractivity contribution in [2.75, 3.05) is 33.6 Å². The lowest BCUT2D eigenvalue weighted by molar-refractivity contribution is 0.355. The van der Waals surface area contributed by atoms with E-state index in [2.05, 4.69) is 27.3 Å². The van der Waals surface area contributed by atoms with Gasteiger partial charge in [0.15, 0.2) is 17.5 Å². The quantitative estimate of drug-likeness (QED) is 0.598. The first kappa shape index (κ1) is 18.6. The molecule has 0 amide bonds. The fourth-order valence-electron chi connectivity index (χ4n) is 2.48. The van der Waals surface area contributed by atoms with Crippen molar-refractivity contribution in [1.82, 2.24) is 4.90 Å². The average molecular weight is 342 g/mol. The highest BCUT2D eigenvalue weighted by atomic mass is 16.5. The Kier molecular flexibility index (Phi) is 6.65. The van der Waals surface area contributed by atoms with Gasteiger partial charge in [0.25, 0.3) is 0 Å². The Morgan fingerprint density at radius 1 is 1.04 bits per heavy atom. The van der Waals surface area contributed by atoms with E-state index in [0.717, 1.165) is 17.8 Å². The SMILES string of the molecule is COc1ccc(NC(N)=NCc2ccccc2CN(C)C)cc1OC. The molecule has 0 aliphatic rings. The number of anilines is 1. The second kappa shape index (κ2) is 8.94. The number of nitrogens with one attached hydrogen (secondary N) is 1. The first-order chi connectivity index (χ1) is 12.0. The molecule has 0 heterocycles. The molecule has 0 saturated carbocycles. The largest absolute Gasteiger partial charge is 0.493 e. The fourth-order valence-corrected chi connectivity index (χ4v) is 2.48. The lowest BCUT2D eigenvalue weighted by Gasteiger charge is -2.13. The minimum atomic E-state index is 0.354. The molecule has 25 heavy (non-hydrogen) atoms. The number of hydrogen-bond acceptors (Lipinski definition) is 4. The number of benzene rings is 2. The first-order valence-corrected chi connectivity index (χ1v) is 8.04. The summed E-state index contributed by atoms with van der Waals surface area (Å²) in [5, 5.41) is 3.08. The van der Waals surface area contributed by atoms with Crippen LogP contribution in [0.3, 0.4) is 0 Å². The lowest BCUT2D eigenvalue weighted by Crippen LogP contribution is -2.22. The van der Waals surface area contributed by atoms with E-state index in [4.69, 9.17) is 15.2 Å². The summed E-state index contributed by atoms with van der Waals surface area (Å²) in [5.41, 5.74) is 9.22. The second-order valence-electron chi connectivity index (χ2n) is 5.90. The molecule has 6 nitrogen and oxygen atoms in total. The molecular formula is C19H26N4O2. The maximum atomic E-state index is 6.02. The Hall–Kier alpha value is -2.73. The molecule has 0 aromatic heterocycles. The molecule has 2 aromatic rings. The van der Waals surface area contributed by atoms with Crippen molar-refractivity contribution in [2.24, 2.45) is 10.7 Å². The van der Waals surface area contributed by atoms with Gasteiger partial charge < -0.3 is 25.4 Å². The molecule has 0 aliphatic heterocycles. The standard InChI is InChI=1S/C19H26N4O2/c1-23(2)13-15-8-6-5-7-14(15)12-21-19(20)22-16-9-10-17(24-3)18(11-16)25-4/h5-11H,12-13H2,1-4H3,(H3,20,21,22). The molecule has 0 saturated heterocycles. The molecule has 0 bridgehead atoms. The normalized spacial score (nSPS) is 11.5. The van der Waals surface area contributed by atoms with Crippen LogP contribution in [0.25, 0.3) is 0 Å². The summed E-state index contributed by atoms with van der Waals surface area (Å²) in [4.78, 5) is 6.58. The Balaban J connectivity index is 2.08. The van der Waals surface area contributed by atoms with Crippen LogP contribution in [0.2, 0.25) is 0 Å². The zero-order valence-electron chi connectivity index (χ0n) is 15.2. The summed E-state index contributed by atoms with van der Waals surface area (Å²) in [6.07, 6.45) is 0. The van der Waals surface area contributed by atoms with E-state index >= 15 is 0 Å².